The highest BCUT2D eigenvalue weighted by molar-refractivity contribution is 6.17. The fraction of sp³-hybridized carbons (Fsp3) is 0.435. The molecule has 1 aromatic rings. The number of amides is 5. The molecule has 0 saturated carbocycles. The minimum atomic E-state index is -0.804. The third-order valence-corrected chi connectivity index (χ3v) is 5.39. The number of benzene rings is 1. The molecular formula is C23H29ClN4O5. The molecule has 0 fully saturated rings. The Labute approximate surface area is 197 Å². The number of halogens is 1. The SMILES string of the molecule is CC(NC(=O)CCCCCN1C(=O)C=CC1=O)C(=O)NC(C)C(=O)Nc1ccc(CCl)cc1. The number of hydrogen-bond acceptors (Lipinski definition) is 5. The van der Waals surface area contributed by atoms with Crippen molar-refractivity contribution in [3.05, 3.63) is 42.0 Å². The summed E-state index contributed by atoms with van der Waals surface area (Å²) < 4.78 is 0. The van der Waals surface area contributed by atoms with Crippen molar-refractivity contribution in [1.82, 2.24) is 15.5 Å². The molecule has 2 atom stereocenters. The molecule has 10 heteroatoms. The summed E-state index contributed by atoms with van der Waals surface area (Å²) in [5.41, 5.74) is 1.51. The van der Waals surface area contributed by atoms with E-state index in [4.69, 9.17) is 11.6 Å². The number of unbranched alkanes of at least 4 members (excludes halogenated alkanes) is 2. The summed E-state index contributed by atoms with van der Waals surface area (Å²) in [6, 6.07) is 5.45. The average molecular weight is 477 g/mol. The molecule has 0 bridgehead atoms. The van der Waals surface area contributed by atoms with Crippen LogP contribution in [0.1, 0.15) is 45.1 Å². The van der Waals surface area contributed by atoms with Crippen LogP contribution in [0.4, 0.5) is 5.69 Å². The van der Waals surface area contributed by atoms with Gasteiger partial charge in [0.1, 0.15) is 12.1 Å². The van der Waals surface area contributed by atoms with Crippen LogP contribution in [0.3, 0.4) is 0 Å². The Morgan fingerprint density at radius 1 is 0.879 bits per heavy atom. The third kappa shape index (κ3) is 8.34. The largest absolute Gasteiger partial charge is 0.345 e. The zero-order chi connectivity index (χ0) is 24.4. The van der Waals surface area contributed by atoms with Crippen LogP contribution < -0.4 is 16.0 Å². The first-order chi connectivity index (χ1) is 15.7. The lowest BCUT2D eigenvalue weighted by Crippen LogP contribution is -2.50. The molecule has 0 aliphatic carbocycles. The van der Waals surface area contributed by atoms with E-state index in [1.165, 1.54) is 17.1 Å². The molecule has 2 rings (SSSR count). The minimum absolute atomic E-state index is 0.214. The van der Waals surface area contributed by atoms with Gasteiger partial charge in [0.2, 0.25) is 17.7 Å². The van der Waals surface area contributed by atoms with Crippen LogP contribution in [0, 0.1) is 0 Å². The Morgan fingerprint density at radius 3 is 2.09 bits per heavy atom. The molecule has 1 heterocycles. The summed E-state index contributed by atoms with van der Waals surface area (Å²) in [5, 5.41) is 7.90. The molecule has 0 spiro atoms. The van der Waals surface area contributed by atoms with E-state index in [2.05, 4.69) is 16.0 Å². The Morgan fingerprint density at radius 2 is 1.48 bits per heavy atom. The van der Waals surface area contributed by atoms with Gasteiger partial charge in [-0.25, -0.2) is 0 Å². The Bertz CT molecular complexity index is 898. The minimum Gasteiger partial charge on any atom is -0.345 e. The maximum atomic E-state index is 12.3. The highest BCUT2D eigenvalue weighted by Crippen LogP contribution is 2.11. The summed E-state index contributed by atoms with van der Waals surface area (Å²) in [6.45, 7) is 3.42. The second-order valence-corrected chi connectivity index (χ2v) is 8.08. The normalized spacial score (nSPS) is 14.7. The van der Waals surface area contributed by atoms with Gasteiger partial charge in [0.05, 0.1) is 0 Å². The van der Waals surface area contributed by atoms with E-state index < -0.39 is 18.0 Å². The Balaban J connectivity index is 1.64. The van der Waals surface area contributed by atoms with E-state index in [9.17, 15) is 24.0 Å². The highest BCUT2D eigenvalue weighted by atomic mass is 35.5. The summed E-state index contributed by atoms with van der Waals surface area (Å²) in [4.78, 5) is 60.8. The number of nitrogens with one attached hydrogen (secondary N) is 3. The second kappa shape index (κ2) is 12.7. The smallest absolute Gasteiger partial charge is 0.253 e. The summed E-state index contributed by atoms with van der Waals surface area (Å²) in [5.74, 6) is -1.39. The number of rotatable bonds is 12. The molecule has 3 N–H and O–H groups in total. The van der Waals surface area contributed by atoms with E-state index in [-0.39, 0.29) is 30.0 Å². The molecule has 5 amide bonds. The van der Waals surface area contributed by atoms with Gasteiger partial charge in [-0.1, -0.05) is 18.6 Å². The number of hydrogen-bond donors (Lipinski definition) is 3. The molecule has 0 saturated heterocycles. The summed E-state index contributed by atoms with van der Waals surface area (Å²) in [6.07, 6.45) is 4.52. The molecule has 9 nitrogen and oxygen atoms in total. The maximum absolute atomic E-state index is 12.3. The van der Waals surface area contributed by atoms with Gasteiger partial charge in [-0.3, -0.25) is 28.9 Å². The quantitative estimate of drug-likeness (QED) is 0.241. The number of anilines is 1. The second-order valence-electron chi connectivity index (χ2n) is 7.81. The Hall–Kier alpha value is -3.20. The lowest BCUT2D eigenvalue weighted by molar-refractivity contribution is -0.137. The first-order valence-corrected chi connectivity index (χ1v) is 11.3. The van der Waals surface area contributed by atoms with Crippen molar-refractivity contribution in [1.29, 1.82) is 0 Å². The number of carbonyl (C=O) groups excluding carboxylic acids is 5. The number of carbonyl (C=O) groups is 5. The van der Waals surface area contributed by atoms with Crippen molar-refractivity contribution in [2.75, 3.05) is 11.9 Å². The lowest BCUT2D eigenvalue weighted by Gasteiger charge is -2.18. The first kappa shape index (κ1) is 26.1. The molecule has 1 aromatic carbocycles. The van der Waals surface area contributed by atoms with Crippen LogP contribution in [0.2, 0.25) is 0 Å². The Kier molecular flexibility index (Phi) is 10.1. The van der Waals surface area contributed by atoms with Gasteiger partial charge in [-0.05, 0) is 44.4 Å². The number of imide groups is 1. The van der Waals surface area contributed by atoms with Crippen molar-refractivity contribution in [3.8, 4) is 0 Å². The van der Waals surface area contributed by atoms with E-state index in [1.807, 2.05) is 0 Å². The van der Waals surface area contributed by atoms with Gasteiger partial charge >= 0.3 is 0 Å². The topological polar surface area (TPSA) is 125 Å². The van der Waals surface area contributed by atoms with E-state index in [0.717, 1.165) is 5.56 Å². The lowest BCUT2D eigenvalue weighted by atomic mass is 10.1. The van der Waals surface area contributed by atoms with Gasteiger partial charge in [-0.2, -0.15) is 0 Å². The zero-order valence-corrected chi connectivity index (χ0v) is 19.5. The molecular weight excluding hydrogens is 448 g/mol. The van der Waals surface area contributed by atoms with Crippen LogP contribution >= 0.6 is 11.6 Å². The van der Waals surface area contributed by atoms with Gasteiger partial charge < -0.3 is 16.0 Å². The fourth-order valence-electron chi connectivity index (χ4n) is 3.09. The van der Waals surface area contributed by atoms with Crippen molar-refractivity contribution < 1.29 is 24.0 Å². The van der Waals surface area contributed by atoms with Crippen molar-refractivity contribution in [2.45, 2.75) is 57.5 Å². The van der Waals surface area contributed by atoms with Crippen LogP contribution in [0.15, 0.2) is 36.4 Å². The van der Waals surface area contributed by atoms with Gasteiger partial charge in [0.15, 0.2) is 0 Å². The molecule has 33 heavy (non-hydrogen) atoms. The monoisotopic (exact) mass is 476 g/mol. The van der Waals surface area contributed by atoms with Crippen LogP contribution in [-0.2, 0) is 29.9 Å². The highest BCUT2D eigenvalue weighted by Gasteiger charge is 2.23. The van der Waals surface area contributed by atoms with Crippen LogP contribution in [-0.4, -0.2) is 53.1 Å². The van der Waals surface area contributed by atoms with Crippen molar-refractivity contribution >= 4 is 46.8 Å². The first-order valence-electron chi connectivity index (χ1n) is 10.8. The van der Waals surface area contributed by atoms with Crippen LogP contribution in [0.25, 0.3) is 0 Å². The standard InChI is InChI=1S/C23H29ClN4O5/c1-15(25-19(29)6-4-3-5-13-28-20(30)11-12-21(28)31)22(32)26-16(2)23(33)27-18-9-7-17(14-24)8-10-18/h7-12,15-16H,3-6,13-14H2,1-2H3,(H,25,29)(H,26,32)(H,27,33). The van der Waals surface area contributed by atoms with Crippen molar-refractivity contribution in [3.63, 3.8) is 0 Å². The van der Waals surface area contributed by atoms with E-state index >= 15 is 0 Å². The average Bonchev–Trinajstić information content (AvgIpc) is 3.11. The molecule has 1 aliphatic rings. The number of nitrogens with zero attached hydrogens (tertiary/aromatic N) is 1. The van der Waals surface area contributed by atoms with Gasteiger partial charge in [-0.15, -0.1) is 11.6 Å². The number of alkyl halides is 1. The molecule has 178 valence electrons. The predicted molar refractivity (Wildman–Crippen MR) is 124 cm³/mol. The van der Waals surface area contributed by atoms with Crippen molar-refractivity contribution in [2.24, 2.45) is 0 Å². The predicted octanol–water partition coefficient (Wildman–Crippen LogP) is 1.86. The zero-order valence-electron chi connectivity index (χ0n) is 18.7. The fourth-order valence-corrected chi connectivity index (χ4v) is 3.27. The summed E-state index contributed by atoms with van der Waals surface area (Å²) >= 11 is 5.74. The van der Waals surface area contributed by atoms with E-state index in [0.29, 0.717) is 37.4 Å². The third-order valence-electron chi connectivity index (χ3n) is 5.08. The van der Waals surface area contributed by atoms with Crippen LogP contribution in [0.5, 0.6) is 0 Å². The molecule has 0 radical (unpaired) electrons. The molecule has 2 unspecified atom stereocenters. The molecule has 1 aliphatic heterocycles. The van der Waals surface area contributed by atoms with Gasteiger partial charge in [0, 0.05) is 36.7 Å². The maximum Gasteiger partial charge on any atom is 0.253 e. The van der Waals surface area contributed by atoms with E-state index in [1.54, 1.807) is 38.1 Å². The van der Waals surface area contributed by atoms with Gasteiger partial charge in [0.25, 0.3) is 11.8 Å². The molecule has 0 aromatic heterocycles. The summed E-state index contributed by atoms with van der Waals surface area (Å²) in [7, 11) is 0.